The highest BCUT2D eigenvalue weighted by atomic mass is 32.2. The largest absolute Gasteiger partial charge is 0.454 e. The third kappa shape index (κ3) is 1.79. The van der Waals surface area contributed by atoms with Gasteiger partial charge in [0.2, 0.25) is 0 Å². The van der Waals surface area contributed by atoms with E-state index in [1.54, 1.807) is 18.2 Å². The zero-order valence-corrected chi connectivity index (χ0v) is 10.7. The molecule has 0 saturated carbocycles. The Morgan fingerprint density at radius 1 is 1.26 bits per heavy atom. The van der Waals surface area contributed by atoms with Gasteiger partial charge in [-0.05, 0) is 24.3 Å². The van der Waals surface area contributed by atoms with Gasteiger partial charge >= 0.3 is 5.97 Å². The lowest BCUT2D eigenvalue weighted by atomic mass is 9.86. The van der Waals surface area contributed by atoms with Crippen LogP contribution in [0.1, 0.15) is 6.42 Å². The maximum atomic E-state index is 12.5. The number of ether oxygens (including phenoxy) is 1. The molecule has 3 unspecified atom stereocenters. The minimum Gasteiger partial charge on any atom is -0.454 e. The van der Waals surface area contributed by atoms with Crippen molar-refractivity contribution in [3.8, 4) is 0 Å². The zero-order valence-electron chi connectivity index (χ0n) is 9.89. The second-order valence-electron chi connectivity index (χ2n) is 4.75. The predicted molar refractivity (Wildman–Crippen MR) is 66.0 cm³/mol. The fraction of sp³-hybridized carbons (Fsp3) is 0.308. The van der Waals surface area contributed by atoms with Crippen LogP contribution in [0.2, 0.25) is 0 Å². The van der Waals surface area contributed by atoms with Crippen LogP contribution in [0.4, 0.5) is 0 Å². The number of rotatable bonds is 2. The van der Waals surface area contributed by atoms with Crippen LogP contribution < -0.4 is 0 Å². The van der Waals surface area contributed by atoms with Gasteiger partial charge in [0, 0.05) is 6.42 Å². The second-order valence-corrected chi connectivity index (χ2v) is 6.92. The Morgan fingerprint density at radius 2 is 1.95 bits per heavy atom. The Balaban J connectivity index is 2.02. The number of carbonyl (C=O) groups excluding carboxylic acids is 1. The minimum absolute atomic E-state index is 0.162. The van der Waals surface area contributed by atoms with E-state index in [9.17, 15) is 18.3 Å². The summed E-state index contributed by atoms with van der Waals surface area (Å²) in [5.74, 6) is -0.778. The summed E-state index contributed by atoms with van der Waals surface area (Å²) in [6.45, 7) is 0. The number of carbonyl (C=O) groups is 1. The lowest BCUT2D eigenvalue weighted by molar-refractivity contribution is -0.174. The molecule has 4 rings (SSSR count). The molecule has 100 valence electrons. The van der Waals surface area contributed by atoms with Crippen molar-refractivity contribution in [1.82, 2.24) is 0 Å². The molecule has 1 aliphatic carbocycles. The van der Waals surface area contributed by atoms with Crippen LogP contribution in [-0.2, 0) is 19.4 Å². The van der Waals surface area contributed by atoms with Crippen LogP contribution in [0.5, 0.6) is 0 Å². The van der Waals surface area contributed by atoms with E-state index in [1.807, 2.05) is 0 Å². The van der Waals surface area contributed by atoms with E-state index in [0.29, 0.717) is 0 Å². The molecule has 2 heterocycles. The maximum absolute atomic E-state index is 12.5. The molecular weight excluding hydrogens is 268 g/mol. The van der Waals surface area contributed by atoms with E-state index in [-0.39, 0.29) is 11.3 Å². The van der Waals surface area contributed by atoms with E-state index in [4.69, 9.17) is 4.74 Å². The number of sulfone groups is 1. The smallest absolute Gasteiger partial charge is 0.342 e. The number of aliphatic hydroxyl groups is 1. The fourth-order valence-corrected chi connectivity index (χ4v) is 4.29. The summed E-state index contributed by atoms with van der Waals surface area (Å²) in [4.78, 5) is 11.6. The van der Waals surface area contributed by atoms with E-state index >= 15 is 0 Å². The topological polar surface area (TPSA) is 80.7 Å². The minimum atomic E-state index is -3.64. The van der Waals surface area contributed by atoms with E-state index < -0.39 is 32.8 Å². The van der Waals surface area contributed by atoms with Gasteiger partial charge in [0.05, 0.1) is 4.90 Å². The summed E-state index contributed by atoms with van der Waals surface area (Å²) in [5.41, 5.74) is -1.82. The molecule has 0 amide bonds. The van der Waals surface area contributed by atoms with Crippen LogP contribution >= 0.6 is 0 Å². The van der Waals surface area contributed by atoms with Gasteiger partial charge in [0.1, 0.15) is 11.4 Å². The average Bonchev–Trinajstić information content (AvgIpc) is 2.41. The molecule has 5 nitrogen and oxygen atoms in total. The van der Waals surface area contributed by atoms with Gasteiger partial charge in [0.15, 0.2) is 15.4 Å². The Hall–Kier alpha value is -1.66. The molecule has 3 aliphatic rings. The monoisotopic (exact) mass is 280 g/mol. The third-order valence-electron chi connectivity index (χ3n) is 3.51. The van der Waals surface area contributed by atoms with Crippen molar-refractivity contribution in [1.29, 1.82) is 0 Å². The molecule has 0 aromatic heterocycles. The number of esters is 1. The highest BCUT2D eigenvalue weighted by Gasteiger charge is 2.54. The van der Waals surface area contributed by atoms with Gasteiger partial charge in [-0.1, -0.05) is 18.2 Å². The molecule has 1 N–H and O–H groups in total. The maximum Gasteiger partial charge on any atom is 0.342 e. The zero-order chi connectivity index (χ0) is 13.7. The SMILES string of the molecule is O=C1OC2C=CC1(O)CC2S(=O)(=O)c1ccccc1. The van der Waals surface area contributed by atoms with Crippen LogP contribution in [-0.4, -0.2) is 36.4 Å². The quantitative estimate of drug-likeness (QED) is 0.628. The molecule has 1 aromatic carbocycles. The number of hydrogen-bond acceptors (Lipinski definition) is 5. The molecular formula is C13H12O5S. The van der Waals surface area contributed by atoms with E-state index in [2.05, 4.69) is 0 Å². The van der Waals surface area contributed by atoms with Crippen LogP contribution in [0.3, 0.4) is 0 Å². The van der Waals surface area contributed by atoms with Gasteiger partial charge in [-0.15, -0.1) is 0 Å². The first-order valence-corrected chi connectivity index (χ1v) is 7.40. The van der Waals surface area contributed by atoms with E-state index in [1.165, 1.54) is 24.3 Å². The molecule has 6 heteroatoms. The van der Waals surface area contributed by atoms with Gasteiger partial charge in [-0.3, -0.25) is 0 Å². The van der Waals surface area contributed by atoms with Crippen LogP contribution in [0.25, 0.3) is 0 Å². The van der Waals surface area contributed by atoms with Crippen LogP contribution in [0, 0.1) is 0 Å². The summed E-state index contributed by atoms with van der Waals surface area (Å²) in [5, 5.41) is 9.10. The van der Waals surface area contributed by atoms with Crippen molar-refractivity contribution in [3.05, 3.63) is 42.5 Å². The molecule has 1 saturated heterocycles. The van der Waals surface area contributed by atoms with Gasteiger partial charge in [0.25, 0.3) is 0 Å². The lowest BCUT2D eigenvalue weighted by Gasteiger charge is -2.41. The summed E-state index contributed by atoms with van der Waals surface area (Å²) < 4.78 is 29.9. The molecule has 1 aromatic rings. The molecule has 19 heavy (non-hydrogen) atoms. The normalized spacial score (nSPS) is 33.2. The van der Waals surface area contributed by atoms with E-state index in [0.717, 1.165) is 0 Å². The predicted octanol–water partition coefficient (Wildman–Crippen LogP) is 0.445. The first-order valence-electron chi connectivity index (χ1n) is 5.85. The highest BCUT2D eigenvalue weighted by molar-refractivity contribution is 7.92. The first kappa shape index (κ1) is 12.4. The Morgan fingerprint density at radius 3 is 2.53 bits per heavy atom. The fourth-order valence-electron chi connectivity index (χ4n) is 2.43. The van der Waals surface area contributed by atoms with Crippen molar-refractivity contribution in [3.63, 3.8) is 0 Å². The molecule has 2 aliphatic heterocycles. The summed E-state index contributed by atoms with van der Waals surface area (Å²) in [7, 11) is -3.64. The molecule has 0 spiro atoms. The highest BCUT2D eigenvalue weighted by Crippen LogP contribution is 2.37. The summed E-state index contributed by atoms with van der Waals surface area (Å²) in [6.07, 6.45) is 1.77. The van der Waals surface area contributed by atoms with Crippen LogP contribution in [0.15, 0.2) is 47.4 Å². The van der Waals surface area contributed by atoms with Crippen molar-refractivity contribution < 1.29 is 23.1 Å². The van der Waals surface area contributed by atoms with Gasteiger partial charge < -0.3 is 9.84 Å². The molecule has 1 fully saturated rings. The molecule has 2 bridgehead atoms. The number of benzene rings is 1. The summed E-state index contributed by atoms with van der Waals surface area (Å²) >= 11 is 0. The average molecular weight is 280 g/mol. The Bertz CT molecular complexity index is 649. The number of fused-ring (bicyclic) bond motifs is 2. The number of hydrogen-bond donors (Lipinski definition) is 1. The second kappa shape index (κ2) is 3.91. The van der Waals surface area contributed by atoms with Crippen molar-refractivity contribution in [2.24, 2.45) is 0 Å². The standard InChI is InChI=1S/C13H12O5S/c14-12-13(15)7-6-10(18-12)11(8-13)19(16,17)9-4-2-1-3-5-9/h1-7,10-11,15H,8H2. The Labute approximate surface area is 110 Å². The van der Waals surface area contributed by atoms with Gasteiger partial charge in [-0.25, -0.2) is 13.2 Å². The first-order chi connectivity index (χ1) is 8.93. The summed E-state index contributed by atoms with van der Waals surface area (Å²) in [6, 6.07) is 7.97. The Kier molecular flexibility index (Phi) is 2.55. The molecule has 3 atom stereocenters. The molecule has 0 radical (unpaired) electrons. The third-order valence-corrected chi connectivity index (χ3v) is 5.67. The van der Waals surface area contributed by atoms with Crippen molar-refractivity contribution in [2.45, 2.75) is 28.3 Å². The lowest BCUT2D eigenvalue weighted by Crippen LogP contribution is -2.57. The van der Waals surface area contributed by atoms with Crippen molar-refractivity contribution >= 4 is 15.8 Å². The van der Waals surface area contributed by atoms with Crippen molar-refractivity contribution in [2.75, 3.05) is 0 Å². The van der Waals surface area contributed by atoms with Gasteiger partial charge in [-0.2, -0.15) is 0 Å².